The van der Waals surface area contributed by atoms with Crippen LogP contribution in [0.2, 0.25) is 0 Å². The molecule has 29 heavy (non-hydrogen) atoms. The highest BCUT2D eigenvalue weighted by molar-refractivity contribution is 5.62. The predicted molar refractivity (Wildman–Crippen MR) is 110 cm³/mol. The molecule has 158 valence electrons. The number of hydrogen-bond acceptors (Lipinski definition) is 6. The van der Waals surface area contributed by atoms with Gasteiger partial charge in [0.25, 0.3) is 0 Å². The molecule has 1 aliphatic heterocycles. The largest absolute Gasteiger partial charge is 0.508 e. The Kier molecular flexibility index (Phi) is 5.45. The van der Waals surface area contributed by atoms with Crippen LogP contribution in [0.15, 0.2) is 12.1 Å². The number of aliphatic hydroxyl groups is 1. The standard InChI is InChI=1S/C23H30O6/c1-9(13(5)24)15-7-17(26)21(22(28)11(15)3)23-20-18(27)8-16(25)12(4)19(20)10(2)14(6)29-23/h7-10,13-14,23-28H,1-6H3/t9-,10-,13-,14-,23+/m1/s1. The first-order chi connectivity index (χ1) is 13.5. The summed E-state index contributed by atoms with van der Waals surface area (Å²) in [5.74, 6) is -0.837. The number of hydrogen-bond donors (Lipinski definition) is 5. The van der Waals surface area contributed by atoms with Gasteiger partial charge in [-0.3, -0.25) is 0 Å². The molecule has 3 rings (SSSR count). The van der Waals surface area contributed by atoms with E-state index in [1.165, 1.54) is 12.1 Å². The average Bonchev–Trinajstić information content (AvgIpc) is 2.64. The van der Waals surface area contributed by atoms with Crippen molar-refractivity contribution in [2.45, 2.75) is 71.7 Å². The lowest BCUT2D eigenvalue weighted by molar-refractivity contribution is -0.0111. The van der Waals surface area contributed by atoms with Crippen molar-refractivity contribution in [3.8, 4) is 23.0 Å². The van der Waals surface area contributed by atoms with Crippen LogP contribution in [0.25, 0.3) is 0 Å². The van der Waals surface area contributed by atoms with Gasteiger partial charge in [-0.15, -0.1) is 0 Å². The summed E-state index contributed by atoms with van der Waals surface area (Å²) < 4.78 is 6.14. The summed E-state index contributed by atoms with van der Waals surface area (Å²) in [5.41, 5.74) is 3.18. The fourth-order valence-corrected chi connectivity index (χ4v) is 4.29. The lowest BCUT2D eigenvalue weighted by atomic mass is 9.79. The maximum atomic E-state index is 11.0. The first-order valence-corrected chi connectivity index (χ1v) is 9.91. The molecule has 0 radical (unpaired) electrons. The summed E-state index contributed by atoms with van der Waals surface area (Å²) in [5, 5.41) is 52.6. The van der Waals surface area contributed by atoms with E-state index in [2.05, 4.69) is 0 Å². The van der Waals surface area contributed by atoms with Crippen LogP contribution in [0.5, 0.6) is 23.0 Å². The molecule has 5 N–H and O–H groups in total. The Hall–Kier alpha value is -2.44. The smallest absolute Gasteiger partial charge is 0.128 e. The second-order valence-electron chi connectivity index (χ2n) is 8.28. The van der Waals surface area contributed by atoms with Gasteiger partial charge in [0.15, 0.2) is 0 Å². The predicted octanol–water partition coefficient (Wildman–Crippen LogP) is 4.22. The van der Waals surface area contributed by atoms with E-state index in [-0.39, 0.29) is 46.5 Å². The summed E-state index contributed by atoms with van der Waals surface area (Å²) in [6, 6.07) is 2.80. The summed E-state index contributed by atoms with van der Waals surface area (Å²) >= 11 is 0. The van der Waals surface area contributed by atoms with Gasteiger partial charge in [0.2, 0.25) is 0 Å². The normalized spacial score (nSPS) is 23.5. The van der Waals surface area contributed by atoms with E-state index in [4.69, 9.17) is 4.74 Å². The van der Waals surface area contributed by atoms with Crippen molar-refractivity contribution in [1.29, 1.82) is 0 Å². The van der Waals surface area contributed by atoms with Crippen LogP contribution < -0.4 is 0 Å². The minimum Gasteiger partial charge on any atom is -0.508 e. The van der Waals surface area contributed by atoms with Gasteiger partial charge in [0.1, 0.15) is 29.1 Å². The fraction of sp³-hybridized carbons (Fsp3) is 0.478. The van der Waals surface area contributed by atoms with E-state index in [1.54, 1.807) is 20.8 Å². The number of phenols is 4. The Morgan fingerprint density at radius 3 is 2.00 bits per heavy atom. The van der Waals surface area contributed by atoms with Crippen LogP contribution in [0, 0.1) is 13.8 Å². The number of phenolic OH excluding ortho intramolecular Hbond substituents is 4. The topological polar surface area (TPSA) is 110 Å². The van der Waals surface area contributed by atoms with E-state index < -0.39 is 12.2 Å². The molecule has 1 aliphatic rings. The molecular formula is C23H30O6. The maximum Gasteiger partial charge on any atom is 0.128 e. The molecule has 0 saturated heterocycles. The number of benzene rings is 2. The van der Waals surface area contributed by atoms with Crippen molar-refractivity contribution in [3.05, 3.63) is 45.5 Å². The highest BCUT2D eigenvalue weighted by Gasteiger charge is 2.39. The van der Waals surface area contributed by atoms with Crippen molar-refractivity contribution in [3.63, 3.8) is 0 Å². The maximum absolute atomic E-state index is 11.0. The SMILES string of the molecule is Cc1c([C@H](C)[C@@H](C)O)cc(O)c([C@H]2O[C@H](C)[C@@H](C)c3c(C)c(O)cc(O)c32)c1O. The van der Waals surface area contributed by atoms with Crippen molar-refractivity contribution in [1.82, 2.24) is 0 Å². The van der Waals surface area contributed by atoms with Gasteiger partial charge >= 0.3 is 0 Å². The van der Waals surface area contributed by atoms with Crippen molar-refractivity contribution in [2.24, 2.45) is 0 Å². The quantitative estimate of drug-likeness (QED) is 0.526. The second-order valence-corrected chi connectivity index (χ2v) is 8.28. The molecule has 0 bridgehead atoms. The summed E-state index contributed by atoms with van der Waals surface area (Å²) in [6.07, 6.45) is -1.83. The molecule has 0 saturated carbocycles. The first kappa shape index (κ1) is 21.3. The minimum atomic E-state index is -0.898. The first-order valence-electron chi connectivity index (χ1n) is 9.91. The van der Waals surface area contributed by atoms with E-state index in [9.17, 15) is 25.5 Å². The Morgan fingerprint density at radius 1 is 0.828 bits per heavy atom. The lowest BCUT2D eigenvalue weighted by Gasteiger charge is -2.37. The molecule has 0 unspecified atom stereocenters. The van der Waals surface area contributed by atoms with Crippen LogP contribution in [-0.4, -0.2) is 37.7 Å². The number of fused-ring (bicyclic) bond motifs is 1. The Labute approximate surface area is 171 Å². The Morgan fingerprint density at radius 2 is 1.41 bits per heavy atom. The molecule has 6 nitrogen and oxygen atoms in total. The van der Waals surface area contributed by atoms with Gasteiger partial charge in [0, 0.05) is 23.5 Å². The molecule has 5 atom stereocenters. The van der Waals surface area contributed by atoms with Gasteiger partial charge < -0.3 is 30.3 Å². The second kappa shape index (κ2) is 7.43. The third kappa shape index (κ3) is 3.30. The molecule has 0 aromatic heterocycles. The van der Waals surface area contributed by atoms with E-state index >= 15 is 0 Å². The van der Waals surface area contributed by atoms with Gasteiger partial charge in [-0.25, -0.2) is 0 Å². The summed E-state index contributed by atoms with van der Waals surface area (Å²) in [4.78, 5) is 0. The zero-order chi connectivity index (χ0) is 21.8. The molecule has 0 fully saturated rings. The fourth-order valence-electron chi connectivity index (χ4n) is 4.29. The van der Waals surface area contributed by atoms with Crippen LogP contribution in [0.4, 0.5) is 0 Å². The zero-order valence-electron chi connectivity index (χ0n) is 17.7. The van der Waals surface area contributed by atoms with Crippen molar-refractivity contribution < 1.29 is 30.3 Å². The van der Waals surface area contributed by atoms with Gasteiger partial charge in [-0.05, 0) is 56.0 Å². The van der Waals surface area contributed by atoms with E-state index in [1.807, 2.05) is 20.8 Å². The molecule has 0 aliphatic carbocycles. The highest BCUT2D eigenvalue weighted by atomic mass is 16.5. The van der Waals surface area contributed by atoms with E-state index in [0.717, 1.165) is 5.56 Å². The van der Waals surface area contributed by atoms with Crippen molar-refractivity contribution >= 4 is 0 Å². The molecule has 2 aromatic rings. The average molecular weight is 402 g/mol. The Bertz CT molecular complexity index is 949. The molecular weight excluding hydrogens is 372 g/mol. The highest BCUT2D eigenvalue weighted by Crippen LogP contribution is 2.53. The minimum absolute atomic E-state index is 0.00770. The molecule has 1 heterocycles. The third-order valence-corrected chi connectivity index (χ3v) is 6.49. The van der Waals surface area contributed by atoms with Crippen LogP contribution in [-0.2, 0) is 4.74 Å². The summed E-state index contributed by atoms with van der Waals surface area (Å²) in [7, 11) is 0. The number of rotatable bonds is 3. The molecule has 2 aromatic carbocycles. The van der Waals surface area contributed by atoms with Crippen LogP contribution in [0.3, 0.4) is 0 Å². The van der Waals surface area contributed by atoms with Gasteiger partial charge in [0.05, 0.1) is 17.8 Å². The number of aliphatic hydroxyl groups excluding tert-OH is 1. The van der Waals surface area contributed by atoms with E-state index in [0.29, 0.717) is 22.3 Å². The monoisotopic (exact) mass is 402 g/mol. The molecule has 0 amide bonds. The zero-order valence-corrected chi connectivity index (χ0v) is 17.7. The number of aromatic hydroxyl groups is 4. The Balaban J connectivity index is 2.27. The summed E-state index contributed by atoms with van der Waals surface area (Å²) in [6.45, 7) is 10.8. The third-order valence-electron chi connectivity index (χ3n) is 6.49. The van der Waals surface area contributed by atoms with Gasteiger partial charge in [-0.1, -0.05) is 13.8 Å². The number of ether oxygens (including phenoxy) is 1. The van der Waals surface area contributed by atoms with Gasteiger partial charge in [-0.2, -0.15) is 0 Å². The van der Waals surface area contributed by atoms with Crippen LogP contribution in [0.1, 0.15) is 79.0 Å². The lowest BCUT2D eigenvalue weighted by Crippen LogP contribution is -2.29. The van der Waals surface area contributed by atoms with Crippen LogP contribution >= 0.6 is 0 Å². The molecule has 0 spiro atoms. The molecule has 6 heteroatoms. The van der Waals surface area contributed by atoms with Crippen molar-refractivity contribution in [2.75, 3.05) is 0 Å².